The van der Waals surface area contributed by atoms with Gasteiger partial charge in [0.25, 0.3) is 0 Å². The zero-order valence-electron chi connectivity index (χ0n) is 11.8. The summed E-state index contributed by atoms with van der Waals surface area (Å²) in [6.45, 7) is 7.29. The molecular formula is C12H23N3O2S. The van der Waals surface area contributed by atoms with E-state index in [9.17, 15) is 4.21 Å². The van der Waals surface area contributed by atoms with Crippen LogP contribution in [0.5, 0.6) is 0 Å². The van der Waals surface area contributed by atoms with E-state index in [1.165, 1.54) is 0 Å². The van der Waals surface area contributed by atoms with Gasteiger partial charge in [0.05, 0.1) is 18.3 Å². The van der Waals surface area contributed by atoms with Gasteiger partial charge in [-0.05, 0) is 20.8 Å². The number of ether oxygens (including phenoxy) is 1. The highest BCUT2D eigenvalue weighted by molar-refractivity contribution is 7.84. The van der Waals surface area contributed by atoms with Gasteiger partial charge in [-0.1, -0.05) is 0 Å². The third kappa shape index (κ3) is 4.10. The Morgan fingerprint density at radius 1 is 1.56 bits per heavy atom. The Hall–Kier alpha value is -0.880. The van der Waals surface area contributed by atoms with Gasteiger partial charge in [-0.3, -0.25) is 4.21 Å². The highest BCUT2D eigenvalue weighted by atomic mass is 32.2. The van der Waals surface area contributed by atoms with Crippen molar-refractivity contribution >= 4 is 16.7 Å². The number of aryl methyl sites for hydroxylation is 1. The van der Waals surface area contributed by atoms with Gasteiger partial charge in [0.1, 0.15) is 0 Å². The molecule has 1 aromatic rings. The number of rotatable bonds is 7. The highest BCUT2D eigenvalue weighted by Crippen LogP contribution is 2.16. The Bertz CT molecular complexity index is 406. The van der Waals surface area contributed by atoms with E-state index in [0.29, 0.717) is 13.2 Å². The second-order valence-electron chi connectivity index (χ2n) is 4.61. The molecule has 0 aromatic carbocycles. The van der Waals surface area contributed by atoms with Crippen LogP contribution in [0.4, 0.5) is 5.95 Å². The number of nitrogens with one attached hydrogen (secondary N) is 1. The molecule has 0 aliphatic heterocycles. The molecule has 0 saturated carbocycles. The van der Waals surface area contributed by atoms with Gasteiger partial charge in [-0.15, -0.1) is 0 Å². The SMILES string of the molecule is COCC(C)n1cc(C)nc1NCC(C)S(C)=O. The van der Waals surface area contributed by atoms with Crippen molar-refractivity contribution in [1.82, 2.24) is 9.55 Å². The van der Waals surface area contributed by atoms with Gasteiger partial charge >= 0.3 is 0 Å². The molecule has 1 heterocycles. The van der Waals surface area contributed by atoms with Gasteiger partial charge in [-0.25, -0.2) is 4.98 Å². The van der Waals surface area contributed by atoms with E-state index >= 15 is 0 Å². The third-order valence-electron chi connectivity index (χ3n) is 2.85. The van der Waals surface area contributed by atoms with Crippen LogP contribution in [0.25, 0.3) is 0 Å². The van der Waals surface area contributed by atoms with Crippen LogP contribution in [0.1, 0.15) is 25.6 Å². The van der Waals surface area contributed by atoms with E-state index < -0.39 is 10.8 Å². The lowest BCUT2D eigenvalue weighted by atomic mass is 10.3. The van der Waals surface area contributed by atoms with Crippen molar-refractivity contribution in [1.29, 1.82) is 0 Å². The molecule has 0 amide bonds. The molecule has 0 spiro atoms. The number of aromatic nitrogens is 2. The lowest BCUT2D eigenvalue weighted by Gasteiger charge is -2.17. The second kappa shape index (κ2) is 6.89. The Morgan fingerprint density at radius 2 is 2.22 bits per heavy atom. The summed E-state index contributed by atoms with van der Waals surface area (Å²) in [5, 5.41) is 3.36. The van der Waals surface area contributed by atoms with Crippen molar-refractivity contribution in [3.05, 3.63) is 11.9 Å². The van der Waals surface area contributed by atoms with Crippen molar-refractivity contribution in [2.45, 2.75) is 32.1 Å². The minimum absolute atomic E-state index is 0.105. The summed E-state index contributed by atoms with van der Waals surface area (Å²) < 4.78 is 18.5. The normalized spacial score (nSPS) is 16.3. The van der Waals surface area contributed by atoms with E-state index in [0.717, 1.165) is 11.6 Å². The molecule has 0 fully saturated rings. The van der Waals surface area contributed by atoms with Crippen LogP contribution < -0.4 is 5.32 Å². The fourth-order valence-electron chi connectivity index (χ4n) is 1.66. The Labute approximate surface area is 111 Å². The second-order valence-corrected chi connectivity index (χ2v) is 6.41. The Morgan fingerprint density at radius 3 is 2.78 bits per heavy atom. The summed E-state index contributed by atoms with van der Waals surface area (Å²) >= 11 is 0. The maximum atomic E-state index is 11.3. The molecule has 3 atom stereocenters. The molecule has 18 heavy (non-hydrogen) atoms. The van der Waals surface area contributed by atoms with Gasteiger partial charge < -0.3 is 14.6 Å². The quantitative estimate of drug-likeness (QED) is 0.819. The molecule has 0 saturated heterocycles. The van der Waals surface area contributed by atoms with Crippen LogP contribution >= 0.6 is 0 Å². The third-order valence-corrected chi connectivity index (χ3v) is 4.15. The minimum Gasteiger partial charge on any atom is -0.383 e. The van der Waals surface area contributed by atoms with Crippen molar-refractivity contribution in [2.75, 3.05) is 31.8 Å². The molecule has 104 valence electrons. The van der Waals surface area contributed by atoms with Gasteiger partial charge in [0, 0.05) is 42.2 Å². The van der Waals surface area contributed by atoms with E-state index in [1.54, 1.807) is 13.4 Å². The van der Waals surface area contributed by atoms with E-state index in [1.807, 2.05) is 20.0 Å². The molecule has 6 heteroatoms. The number of hydrogen-bond donors (Lipinski definition) is 1. The van der Waals surface area contributed by atoms with Crippen molar-refractivity contribution in [3.8, 4) is 0 Å². The molecule has 0 bridgehead atoms. The van der Waals surface area contributed by atoms with Crippen LogP contribution in [0.2, 0.25) is 0 Å². The predicted molar refractivity (Wildman–Crippen MR) is 75.6 cm³/mol. The van der Waals surface area contributed by atoms with Crippen molar-refractivity contribution < 1.29 is 8.95 Å². The maximum Gasteiger partial charge on any atom is 0.203 e. The minimum atomic E-state index is -0.822. The lowest BCUT2D eigenvalue weighted by Crippen LogP contribution is -2.23. The number of anilines is 1. The molecule has 1 N–H and O–H groups in total. The predicted octanol–water partition coefficient (Wildman–Crippen LogP) is 1.58. The van der Waals surface area contributed by atoms with Gasteiger partial charge in [0.15, 0.2) is 0 Å². The van der Waals surface area contributed by atoms with Crippen LogP contribution in [0.15, 0.2) is 6.20 Å². The Balaban J connectivity index is 2.73. The monoisotopic (exact) mass is 273 g/mol. The Kier molecular flexibility index (Phi) is 5.81. The maximum absolute atomic E-state index is 11.3. The molecule has 0 radical (unpaired) electrons. The average Bonchev–Trinajstić information content (AvgIpc) is 2.67. The fraction of sp³-hybridized carbons (Fsp3) is 0.750. The first kappa shape index (κ1) is 15.2. The van der Waals surface area contributed by atoms with E-state index in [4.69, 9.17) is 4.74 Å². The topological polar surface area (TPSA) is 56.1 Å². The molecule has 1 aromatic heterocycles. The molecular weight excluding hydrogens is 250 g/mol. The van der Waals surface area contributed by atoms with Gasteiger partial charge in [-0.2, -0.15) is 0 Å². The van der Waals surface area contributed by atoms with Crippen LogP contribution in [-0.2, 0) is 15.5 Å². The molecule has 0 aliphatic rings. The lowest BCUT2D eigenvalue weighted by molar-refractivity contribution is 0.163. The zero-order chi connectivity index (χ0) is 13.7. The number of nitrogens with zero attached hydrogens (tertiary/aromatic N) is 2. The van der Waals surface area contributed by atoms with E-state index in [2.05, 4.69) is 21.8 Å². The summed E-state index contributed by atoms with van der Waals surface area (Å²) in [4.78, 5) is 4.44. The standard InChI is InChI=1S/C12H23N3O2S/c1-9-7-15(10(2)8-17-4)12(14-9)13-6-11(3)18(5)16/h7,10-11H,6,8H2,1-5H3,(H,13,14). The smallest absolute Gasteiger partial charge is 0.203 e. The fourth-order valence-corrected chi connectivity index (χ4v) is 1.97. The summed E-state index contributed by atoms with van der Waals surface area (Å²) in [6.07, 6.45) is 3.72. The van der Waals surface area contributed by atoms with Crippen LogP contribution in [0, 0.1) is 6.92 Å². The average molecular weight is 273 g/mol. The van der Waals surface area contributed by atoms with Gasteiger partial charge in [0.2, 0.25) is 5.95 Å². The van der Waals surface area contributed by atoms with Crippen molar-refractivity contribution in [2.24, 2.45) is 0 Å². The largest absolute Gasteiger partial charge is 0.383 e. The summed E-state index contributed by atoms with van der Waals surface area (Å²) in [6, 6.07) is 0.223. The van der Waals surface area contributed by atoms with Crippen molar-refractivity contribution in [3.63, 3.8) is 0 Å². The summed E-state index contributed by atoms with van der Waals surface area (Å²) in [5.74, 6) is 0.814. The first-order valence-corrected chi connectivity index (χ1v) is 7.68. The molecule has 5 nitrogen and oxygen atoms in total. The first-order valence-electron chi connectivity index (χ1n) is 6.06. The zero-order valence-corrected chi connectivity index (χ0v) is 12.6. The number of methoxy groups -OCH3 is 1. The molecule has 1 rings (SSSR count). The highest BCUT2D eigenvalue weighted by Gasteiger charge is 2.13. The number of hydrogen-bond acceptors (Lipinski definition) is 4. The summed E-state index contributed by atoms with van der Waals surface area (Å²) in [7, 11) is 0.868. The molecule has 0 aliphatic carbocycles. The van der Waals surface area contributed by atoms with Crippen LogP contribution in [0.3, 0.4) is 0 Å². The number of imidazole rings is 1. The first-order chi connectivity index (χ1) is 8.45. The van der Waals surface area contributed by atoms with E-state index in [-0.39, 0.29) is 11.3 Å². The molecule has 3 unspecified atom stereocenters. The van der Waals surface area contributed by atoms with Crippen LogP contribution in [-0.4, -0.2) is 45.5 Å². The summed E-state index contributed by atoms with van der Waals surface area (Å²) in [5.41, 5.74) is 0.964.